The van der Waals surface area contributed by atoms with Crippen molar-refractivity contribution >= 4 is 34.6 Å². The van der Waals surface area contributed by atoms with E-state index in [1.54, 1.807) is 29.2 Å². The molecule has 0 atom stereocenters. The maximum Gasteiger partial charge on any atom is 0.241 e. The van der Waals surface area contributed by atoms with E-state index in [2.05, 4.69) is 5.32 Å². The summed E-state index contributed by atoms with van der Waals surface area (Å²) in [6, 6.07) is 12.7. The first-order valence-electron chi connectivity index (χ1n) is 7.20. The van der Waals surface area contributed by atoms with Crippen LogP contribution in [0.4, 0.5) is 22.7 Å². The van der Waals surface area contributed by atoms with Crippen LogP contribution < -0.4 is 16.0 Å². The molecule has 0 fully saturated rings. The Morgan fingerprint density at radius 3 is 2.55 bits per heavy atom. The van der Waals surface area contributed by atoms with Gasteiger partial charge in [0.2, 0.25) is 11.8 Å². The number of benzene rings is 2. The summed E-state index contributed by atoms with van der Waals surface area (Å²) in [6.45, 7) is 2.02. The fourth-order valence-electron chi connectivity index (χ4n) is 2.65. The fraction of sp³-hybridized carbons (Fsp3) is 0.176. The monoisotopic (exact) mass is 295 g/mol. The summed E-state index contributed by atoms with van der Waals surface area (Å²) in [7, 11) is 0. The summed E-state index contributed by atoms with van der Waals surface area (Å²) in [5.41, 5.74) is 9.44. The summed E-state index contributed by atoms with van der Waals surface area (Å²) < 4.78 is 0. The van der Waals surface area contributed by atoms with Gasteiger partial charge in [0.25, 0.3) is 0 Å². The molecule has 0 aliphatic carbocycles. The molecule has 2 amide bonds. The first-order valence-corrected chi connectivity index (χ1v) is 7.20. The van der Waals surface area contributed by atoms with Crippen LogP contribution in [-0.4, -0.2) is 11.8 Å². The van der Waals surface area contributed by atoms with E-state index in [9.17, 15) is 9.59 Å². The number of para-hydroxylation sites is 1. The molecule has 112 valence electrons. The zero-order valence-electron chi connectivity index (χ0n) is 12.3. The quantitative estimate of drug-likeness (QED) is 0.661. The average Bonchev–Trinajstić information content (AvgIpc) is 2.62. The van der Waals surface area contributed by atoms with Crippen LogP contribution in [0.25, 0.3) is 0 Å². The van der Waals surface area contributed by atoms with Gasteiger partial charge < -0.3 is 11.1 Å². The van der Waals surface area contributed by atoms with Gasteiger partial charge in [-0.3, -0.25) is 14.5 Å². The number of aryl methyl sites for hydroxylation is 1. The zero-order chi connectivity index (χ0) is 15.7. The van der Waals surface area contributed by atoms with Gasteiger partial charge in [-0.1, -0.05) is 19.1 Å². The summed E-state index contributed by atoms with van der Waals surface area (Å²) >= 11 is 0. The normalized spacial score (nSPS) is 14.3. The smallest absolute Gasteiger partial charge is 0.241 e. The lowest BCUT2D eigenvalue weighted by Crippen LogP contribution is -2.26. The highest BCUT2D eigenvalue weighted by Gasteiger charge is 2.28. The number of anilines is 4. The molecule has 5 nitrogen and oxygen atoms in total. The van der Waals surface area contributed by atoms with Crippen molar-refractivity contribution in [3.8, 4) is 0 Å². The van der Waals surface area contributed by atoms with E-state index in [0.29, 0.717) is 22.7 Å². The Morgan fingerprint density at radius 2 is 1.86 bits per heavy atom. The van der Waals surface area contributed by atoms with E-state index < -0.39 is 0 Å². The number of nitrogens with one attached hydrogen (secondary N) is 1. The summed E-state index contributed by atoms with van der Waals surface area (Å²) in [4.78, 5) is 26.1. The van der Waals surface area contributed by atoms with Gasteiger partial charge in [0.15, 0.2) is 0 Å². The van der Waals surface area contributed by atoms with Crippen LogP contribution >= 0.6 is 0 Å². The van der Waals surface area contributed by atoms with Crippen molar-refractivity contribution in [1.82, 2.24) is 0 Å². The van der Waals surface area contributed by atoms with E-state index in [1.165, 1.54) is 0 Å². The van der Waals surface area contributed by atoms with Crippen LogP contribution in [0.5, 0.6) is 0 Å². The molecule has 0 aromatic heterocycles. The highest BCUT2D eigenvalue weighted by molar-refractivity contribution is 6.17. The van der Waals surface area contributed by atoms with Crippen molar-refractivity contribution in [2.45, 2.75) is 19.8 Å². The van der Waals surface area contributed by atoms with E-state index in [4.69, 9.17) is 5.73 Å². The van der Waals surface area contributed by atoms with E-state index >= 15 is 0 Å². The third-order valence-corrected chi connectivity index (χ3v) is 3.73. The van der Waals surface area contributed by atoms with Gasteiger partial charge >= 0.3 is 0 Å². The minimum atomic E-state index is -0.287. The van der Waals surface area contributed by atoms with Gasteiger partial charge in [-0.15, -0.1) is 0 Å². The number of carbonyl (C=O) groups is 2. The van der Waals surface area contributed by atoms with Crippen molar-refractivity contribution < 1.29 is 9.59 Å². The summed E-state index contributed by atoms with van der Waals surface area (Å²) in [5.74, 6) is -0.542. The van der Waals surface area contributed by atoms with Gasteiger partial charge in [-0.25, -0.2) is 0 Å². The lowest BCUT2D eigenvalue weighted by Gasteiger charge is -2.23. The predicted molar refractivity (Wildman–Crippen MR) is 87.1 cm³/mol. The number of carbonyl (C=O) groups excluding carboxylic acids is 2. The molecule has 1 heterocycles. The number of rotatable bonds is 2. The number of nitrogens with two attached hydrogens (primary N) is 1. The Morgan fingerprint density at radius 1 is 1.14 bits per heavy atom. The number of hydrogen-bond acceptors (Lipinski definition) is 3. The Labute approximate surface area is 128 Å². The van der Waals surface area contributed by atoms with Gasteiger partial charge in [0.1, 0.15) is 6.42 Å². The van der Waals surface area contributed by atoms with Gasteiger partial charge in [0, 0.05) is 11.4 Å². The molecule has 2 aromatic rings. The second-order valence-electron chi connectivity index (χ2n) is 5.21. The molecule has 3 N–H and O–H groups in total. The van der Waals surface area contributed by atoms with Crippen molar-refractivity contribution in [2.24, 2.45) is 0 Å². The van der Waals surface area contributed by atoms with E-state index in [1.807, 2.05) is 25.1 Å². The molecule has 5 heteroatoms. The van der Waals surface area contributed by atoms with Crippen molar-refractivity contribution in [3.63, 3.8) is 0 Å². The van der Waals surface area contributed by atoms with Gasteiger partial charge in [0.05, 0.1) is 11.4 Å². The third-order valence-electron chi connectivity index (χ3n) is 3.73. The number of fused-ring (bicyclic) bond motifs is 1. The molecule has 3 rings (SSSR count). The molecule has 22 heavy (non-hydrogen) atoms. The number of hydrogen-bond donors (Lipinski definition) is 2. The molecular formula is C17H17N3O2. The van der Waals surface area contributed by atoms with Gasteiger partial charge in [-0.2, -0.15) is 0 Å². The van der Waals surface area contributed by atoms with Crippen LogP contribution in [0.3, 0.4) is 0 Å². The average molecular weight is 295 g/mol. The Bertz CT molecular complexity index is 738. The highest BCUT2D eigenvalue weighted by atomic mass is 16.2. The van der Waals surface area contributed by atoms with Gasteiger partial charge in [-0.05, 0) is 42.3 Å². The molecule has 0 saturated heterocycles. The van der Waals surface area contributed by atoms with Crippen LogP contribution in [-0.2, 0) is 16.0 Å². The largest absolute Gasteiger partial charge is 0.399 e. The predicted octanol–water partition coefficient (Wildman–Crippen LogP) is 2.84. The van der Waals surface area contributed by atoms with Crippen LogP contribution in [0, 0.1) is 0 Å². The Hall–Kier alpha value is -2.82. The maximum atomic E-state index is 12.5. The Balaban J connectivity index is 2.19. The topological polar surface area (TPSA) is 75.4 Å². The molecular weight excluding hydrogens is 278 g/mol. The van der Waals surface area contributed by atoms with Crippen LogP contribution in [0.1, 0.15) is 18.9 Å². The standard InChI is InChI=1S/C17H17N3O2/c1-2-11-4-3-5-14-17(11)19-15(21)10-16(22)20(14)13-8-6-12(18)7-9-13/h3-9H,2,10,18H2,1H3,(H,19,21). The summed E-state index contributed by atoms with van der Waals surface area (Å²) in [6.07, 6.45) is 0.593. The molecule has 1 aliphatic heterocycles. The maximum absolute atomic E-state index is 12.5. The number of nitrogen functional groups attached to an aromatic ring is 1. The second kappa shape index (κ2) is 5.52. The van der Waals surface area contributed by atoms with Crippen LogP contribution in [0.2, 0.25) is 0 Å². The van der Waals surface area contributed by atoms with Crippen molar-refractivity contribution in [2.75, 3.05) is 16.0 Å². The molecule has 2 aromatic carbocycles. The molecule has 1 aliphatic rings. The second-order valence-corrected chi connectivity index (χ2v) is 5.21. The third kappa shape index (κ3) is 2.41. The molecule has 0 bridgehead atoms. The number of amides is 2. The van der Waals surface area contributed by atoms with Crippen molar-refractivity contribution in [3.05, 3.63) is 48.0 Å². The minimum absolute atomic E-state index is 0.178. The van der Waals surface area contributed by atoms with E-state index in [-0.39, 0.29) is 18.2 Å². The van der Waals surface area contributed by atoms with E-state index in [0.717, 1.165) is 12.0 Å². The molecule has 0 spiro atoms. The van der Waals surface area contributed by atoms with Crippen molar-refractivity contribution in [1.29, 1.82) is 0 Å². The molecule has 0 unspecified atom stereocenters. The SMILES string of the molecule is CCc1cccc2c1NC(=O)CC(=O)N2c1ccc(N)cc1. The fourth-order valence-corrected chi connectivity index (χ4v) is 2.65. The first-order chi connectivity index (χ1) is 10.6. The first kappa shape index (κ1) is 14.1. The highest BCUT2D eigenvalue weighted by Crippen LogP contribution is 2.37. The lowest BCUT2D eigenvalue weighted by atomic mass is 10.1. The minimum Gasteiger partial charge on any atom is -0.399 e. The molecule has 0 saturated carbocycles. The zero-order valence-corrected chi connectivity index (χ0v) is 12.3. The lowest BCUT2D eigenvalue weighted by molar-refractivity contribution is -0.124. The molecule has 0 radical (unpaired) electrons. The van der Waals surface area contributed by atoms with Crippen LogP contribution in [0.15, 0.2) is 42.5 Å². The summed E-state index contributed by atoms with van der Waals surface area (Å²) in [5, 5.41) is 2.86. The number of nitrogens with zero attached hydrogens (tertiary/aromatic N) is 1. The Kier molecular flexibility index (Phi) is 3.55.